The van der Waals surface area contributed by atoms with E-state index in [-0.39, 0.29) is 18.4 Å². The Morgan fingerprint density at radius 3 is 2.63 bits per heavy atom. The molecule has 1 aliphatic heterocycles. The average molecular weight is 421 g/mol. The van der Waals surface area contributed by atoms with Crippen LogP contribution in [0, 0.1) is 6.92 Å². The van der Waals surface area contributed by atoms with Gasteiger partial charge in [0.05, 0.1) is 5.69 Å². The molecule has 0 fully saturated rings. The van der Waals surface area contributed by atoms with Crippen molar-refractivity contribution in [1.29, 1.82) is 0 Å². The molecule has 0 unspecified atom stereocenters. The summed E-state index contributed by atoms with van der Waals surface area (Å²) < 4.78 is 1.62. The van der Waals surface area contributed by atoms with Gasteiger partial charge < -0.3 is 10.6 Å². The quantitative estimate of drug-likeness (QED) is 0.613. The molecule has 0 saturated heterocycles. The van der Waals surface area contributed by atoms with Crippen LogP contribution in [0.2, 0.25) is 0 Å². The minimum absolute atomic E-state index is 0.0792. The van der Waals surface area contributed by atoms with E-state index in [0.717, 1.165) is 34.7 Å². The first-order chi connectivity index (χ1) is 14.6. The molecular formula is C23H24N4O2S. The third-order valence-electron chi connectivity index (χ3n) is 5.11. The van der Waals surface area contributed by atoms with Crippen molar-refractivity contribution in [3.63, 3.8) is 0 Å². The summed E-state index contributed by atoms with van der Waals surface area (Å²) in [6, 6.07) is 17.5. The zero-order valence-corrected chi connectivity index (χ0v) is 17.7. The molecule has 3 aromatic rings. The lowest BCUT2D eigenvalue weighted by molar-refractivity contribution is -0.121. The number of rotatable bonds is 7. The maximum atomic E-state index is 12.8. The smallest absolute Gasteiger partial charge is 0.257 e. The van der Waals surface area contributed by atoms with Crippen molar-refractivity contribution in [3.05, 3.63) is 82.5 Å². The van der Waals surface area contributed by atoms with Gasteiger partial charge in [-0.2, -0.15) is 16.9 Å². The highest BCUT2D eigenvalue weighted by Crippen LogP contribution is 2.35. The van der Waals surface area contributed by atoms with Crippen LogP contribution in [0.15, 0.2) is 54.6 Å². The largest absolute Gasteiger partial charge is 0.354 e. The Kier molecular flexibility index (Phi) is 6.18. The van der Waals surface area contributed by atoms with E-state index in [0.29, 0.717) is 17.9 Å². The molecule has 0 aliphatic carbocycles. The first kappa shape index (κ1) is 20.2. The lowest BCUT2D eigenvalue weighted by atomic mass is 10.1. The first-order valence-electron chi connectivity index (χ1n) is 9.95. The van der Waals surface area contributed by atoms with Gasteiger partial charge in [0.15, 0.2) is 0 Å². The minimum Gasteiger partial charge on any atom is -0.354 e. The number of anilines is 1. The number of carbonyl (C=O) groups is 2. The molecule has 2 heterocycles. The van der Waals surface area contributed by atoms with Gasteiger partial charge >= 0.3 is 0 Å². The highest BCUT2D eigenvalue weighted by atomic mass is 32.2. The third-order valence-corrected chi connectivity index (χ3v) is 6.08. The Hall–Kier alpha value is -3.06. The van der Waals surface area contributed by atoms with Crippen LogP contribution in [0.25, 0.3) is 0 Å². The lowest BCUT2D eigenvalue weighted by Crippen LogP contribution is -2.30. The van der Waals surface area contributed by atoms with Gasteiger partial charge in [0.25, 0.3) is 5.91 Å². The third kappa shape index (κ3) is 4.57. The molecule has 0 spiro atoms. The van der Waals surface area contributed by atoms with Crippen molar-refractivity contribution >= 4 is 29.4 Å². The SMILES string of the molecule is Cc1ccccc1C(=O)Nc1c2c(nn1CC(=O)NCCc1ccccc1)CSC2. The number of aromatic nitrogens is 2. The van der Waals surface area contributed by atoms with E-state index in [1.165, 1.54) is 5.56 Å². The van der Waals surface area contributed by atoms with Crippen LogP contribution < -0.4 is 10.6 Å². The van der Waals surface area contributed by atoms with Crippen LogP contribution in [0.5, 0.6) is 0 Å². The van der Waals surface area contributed by atoms with Gasteiger partial charge in [0.2, 0.25) is 5.91 Å². The summed E-state index contributed by atoms with van der Waals surface area (Å²) >= 11 is 1.76. The fraction of sp³-hybridized carbons (Fsp3) is 0.261. The Balaban J connectivity index is 1.44. The van der Waals surface area contributed by atoms with Crippen molar-refractivity contribution in [2.75, 3.05) is 11.9 Å². The van der Waals surface area contributed by atoms with Crippen LogP contribution >= 0.6 is 11.8 Å². The number of fused-ring (bicyclic) bond motifs is 1. The van der Waals surface area contributed by atoms with Crippen LogP contribution in [0.1, 0.15) is 32.7 Å². The maximum absolute atomic E-state index is 12.8. The van der Waals surface area contributed by atoms with E-state index in [9.17, 15) is 9.59 Å². The summed E-state index contributed by atoms with van der Waals surface area (Å²) in [5.41, 5.74) is 4.66. The molecular weight excluding hydrogens is 396 g/mol. The molecule has 0 bridgehead atoms. The number of hydrogen-bond donors (Lipinski definition) is 2. The molecule has 4 rings (SSSR count). The number of carbonyl (C=O) groups excluding carboxylic acids is 2. The predicted molar refractivity (Wildman–Crippen MR) is 120 cm³/mol. The number of nitrogens with zero attached hydrogens (tertiary/aromatic N) is 2. The van der Waals surface area contributed by atoms with Gasteiger partial charge in [0, 0.05) is 29.2 Å². The van der Waals surface area contributed by atoms with E-state index in [2.05, 4.69) is 15.7 Å². The highest BCUT2D eigenvalue weighted by Gasteiger charge is 2.25. The van der Waals surface area contributed by atoms with Crippen molar-refractivity contribution in [2.24, 2.45) is 0 Å². The molecule has 1 aliphatic rings. The van der Waals surface area contributed by atoms with E-state index in [4.69, 9.17) is 0 Å². The van der Waals surface area contributed by atoms with E-state index in [1.54, 1.807) is 22.5 Å². The molecule has 30 heavy (non-hydrogen) atoms. The van der Waals surface area contributed by atoms with Gasteiger partial charge in [-0.25, -0.2) is 4.68 Å². The molecule has 7 heteroatoms. The molecule has 1 aromatic heterocycles. The van der Waals surface area contributed by atoms with Crippen LogP contribution in [-0.4, -0.2) is 28.1 Å². The highest BCUT2D eigenvalue weighted by molar-refractivity contribution is 7.98. The Morgan fingerprint density at radius 1 is 1.07 bits per heavy atom. The van der Waals surface area contributed by atoms with Crippen LogP contribution in [-0.2, 0) is 29.3 Å². The van der Waals surface area contributed by atoms with Gasteiger partial charge in [0.1, 0.15) is 12.4 Å². The summed E-state index contributed by atoms with van der Waals surface area (Å²) in [4.78, 5) is 25.3. The molecule has 2 amide bonds. The van der Waals surface area contributed by atoms with Crippen molar-refractivity contribution < 1.29 is 9.59 Å². The molecule has 6 nitrogen and oxygen atoms in total. The number of amides is 2. The Bertz CT molecular complexity index is 1060. The molecule has 2 N–H and O–H groups in total. The van der Waals surface area contributed by atoms with Crippen molar-refractivity contribution in [2.45, 2.75) is 31.4 Å². The van der Waals surface area contributed by atoms with Crippen LogP contribution in [0.4, 0.5) is 5.82 Å². The second-order valence-electron chi connectivity index (χ2n) is 7.28. The number of benzene rings is 2. The van der Waals surface area contributed by atoms with Crippen molar-refractivity contribution in [3.8, 4) is 0 Å². The zero-order chi connectivity index (χ0) is 20.9. The Labute approximate surface area is 180 Å². The van der Waals surface area contributed by atoms with E-state index >= 15 is 0 Å². The first-order valence-corrected chi connectivity index (χ1v) is 11.1. The van der Waals surface area contributed by atoms with Gasteiger partial charge in [-0.1, -0.05) is 48.5 Å². The molecule has 154 valence electrons. The second kappa shape index (κ2) is 9.17. The number of nitrogens with one attached hydrogen (secondary N) is 2. The summed E-state index contributed by atoms with van der Waals surface area (Å²) in [6.07, 6.45) is 0.774. The van der Waals surface area contributed by atoms with Gasteiger partial charge in [-0.15, -0.1) is 0 Å². The van der Waals surface area contributed by atoms with Crippen molar-refractivity contribution in [1.82, 2.24) is 15.1 Å². The van der Waals surface area contributed by atoms with E-state index in [1.807, 2.05) is 55.5 Å². The van der Waals surface area contributed by atoms with Gasteiger partial charge in [-0.3, -0.25) is 9.59 Å². The summed E-state index contributed by atoms with van der Waals surface area (Å²) in [7, 11) is 0. The fourth-order valence-electron chi connectivity index (χ4n) is 3.51. The zero-order valence-electron chi connectivity index (χ0n) is 16.9. The van der Waals surface area contributed by atoms with Gasteiger partial charge in [-0.05, 0) is 30.5 Å². The topological polar surface area (TPSA) is 76.0 Å². The summed E-state index contributed by atoms with van der Waals surface area (Å²) in [6.45, 7) is 2.55. The number of aryl methyl sites for hydroxylation is 1. The fourth-order valence-corrected chi connectivity index (χ4v) is 4.54. The number of thioether (sulfide) groups is 1. The predicted octanol–water partition coefficient (Wildman–Crippen LogP) is 3.55. The normalized spacial score (nSPS) is 12.4. The van der Waals surface area contributed by atoms with Crippen LogP contribution in [0.3, 0.4) is 0 Å². The summed E-state index contributed by atoms with van der Waals surface area (Å²) in [5, 5.41) is 10.5. The molecule has 0 atom stereocenters. The number of hydrogen-bond acceptors (Lipinski definition) is 4. The minimum atomic E-state index is -0.182. The maximum Gasteiger partial charge on any atom is 0.257 e. The summed E-state index contributed by atoms with van der Waals surface area (Å²) in [5.74, 6) is 1.91. The Morgan fingerprint density at radius 2 is 1.83 bits per heavy atom. The molecule has 0 radical (unpaired) electrons. The lowest BCUT2D eigenvalue weighted by Gasteiger charge is -2.12. The average Bonchev–Trinajstić information content (AvgIpc) is 3.32. The van der Waals surface area contributed by atoms with E-state index < -0.39 is 0 Å². The molecule has 0 saturated carbocycles. The standard InChI is InChI=1S/C23H24N4O2S/c1-16-7-5-6-10-18(16)23(29)25-22-19-14-30-15-20(19)26-27(22)13-21(28)24-12-11-17-8-3-2-4-9-17/h2-10H,11-15H2,1H3,(H,24,28)(H,25,29). The second-order valence-corrected chi connectivity index (χ2v) is 8.26. The molecule has 2 aromatic carbocycles. The monoisotopic (exact) mass is 420 g/mol.